The summed E-state index contributed by atoms with van der Waals surface area (Å²) in [5.74, 6) is -0.269. The Morgan fingerprint density at radius 3 is 3.14 bits per heavy atom. The van der Waals surface area contributed by atoms with Gasteiger partial charge in [0.05, 0.1) is 0 Å². The molecule has 0 aliphatic heterocycles. The molecule has 0 saturated heterocycles. The second-order valence-electron chi connectivity index (χ2n) is 3.19. The summed E-state index contributed by atoms with van der Waals surface area (Å²) in [6, 6.07) is 5.01. The van der Waals surface area contributed by atoms with Gasteiger partial charge < -0.3 is 5.32 Å². The monoisotopic (exact) mass is 193 g/mol. The highest BCUT2D eigenvalue weighted by atomic mass is 19.1. The number of H-pyrrole nitrogens is 1. The maximum Gasteiger partial charge on any atom is 0.151 e. The first-order valence-electron chi connectivity index (χ1n) is 4.59. The lowest BCUT2D eigenvalue weighted by atomic mass is 10.1. The summed E-state index contributed by atoms with van der Waals surface area (Å²) >= 11 is 0. The maximum atomic E-state index is 13.2. The molecule has 0 aliphatic carbocycles. The zero-order chi connectivity index (χ0) is 9.97. The molecule has 74 valence electrons. The third kappa shape index (κ3) is 1.48. The minimum Gasteiger partial charge on any atom is -0.319 e. The summed E-state index contributed by atoms with van der Waals surface area (Å²) in [4.78, 5) is 0. The number of hydrogen-bond acceptors (Lipinski definition) is 2. The zero-order valence-corrected chi connectivity index (χ0v) is 7.97. The number of likely N-dealkylation sites (N-methyl/N-ethyl adjacent to an activating group) is 1. The predicted octanol–water partition coefficient (Wildman–Crippen LogP) is 1.46. The number of nitrogens with one attached hydrogen (secondary N) is 2. The molecule has 0 atom stereocenters. The van der Waals surface area contributed by atoms with Crippen LogP contribution in [0.1, 0.15) is 5.69 Å². The van der Waals surface area contributed by atoms with Gasteiger partial charge in [-0.05, 0) is 13.1 Å². The average Bonchev–Trinajstić information content (AvgIpc) is 2.60. The largest absolute Gasteiger partial charge is 0.319 e. The van der Waals surface area contributed by atoms with E-state index in [4.69, 9.17) is 0 Å². The number of nitrogens with zero attached hydrogens (tertiary/aromatic N) is 1. The van der Waals surface area contributed by atoms with Gasteiger partial charge in [-0.2, -0.15) is 5.10 Å². The molecule has 0 saturated carbocycles. The van der Waals surface area contributed by atoms with Gasteiger partial charge in [-0.3, -0.25) is 5.10 Å². The molecule has 0 amide bonds. The van der Waals surface area contributed by atoms with E-state index in [9.17, 15) is 4.39 Å². The van der Waals surface area contributed by atoms with Gasteiger partial charge in [0, 0.05) is 24.0 Å². The van der Waals surface area contributed by atoms with E-state index in [1.807, 2.05) is 13.1 Å². The summed E-state index contributed by atoms with van der Waals surface area (Å²) in [6.07, 6.45) is 0.830. The van der Waals surface area contributed by atoms with Crippen molar-refractivity contribution in [2.45, 2.75) is 6.42 Å². The number of para-hydroxylation sites is 1. The van der Waals surface area contributed by atoms with E-state index < -0.39 is 0 Å². The fourth-order valence-corrected chi connectivity index (χ4v) is 1.50. The quantitative estimate of drug-likeness (QED) is 0.774. The number of hydrogen-bond donors (Lipinski definition) is 2. The van der Waals surface area contributed by atoms with Crippen molar-refractivity contribution in [2.24, 2.45) is 0 Å². The fourth-order valence-electron chi connectivity index (χ4n) is 1.50. The average molecular weight is 193 g/mol. The molecule has 3 nitrogen and oxygen atoms in total. The number of fused-ring (bicyclic) bond motifs is 1. The molecule has 2 rings (SSSR count). The SMILES string of the molecule is CNCCc1[nH]nc2c(F)cccc12. The zero-order valence-electron chi connectivity index (χ0n) is 7.97. The van der Waals surface area contributed by atoms with Crippen molar-refractivity contribution in [1.29, 1.82) is 0 Å². The Hall–Kier alpha value is -1.42. The lowest BCUT2D eigenvalue weighted by Gasteiger charge is -1.97. The van der Waals surface area contributed by atoms with Crippen LogP contribution in [0.4, 0.5) is 4.39 Å². The van der Waals surface area contributed by atoms with Crippen molar-refractivity contribution in [2.75, 3.05) is 13.6 Å². The number of aromatic nitrogens is 2. The molecule has 0 radical (unpaired) electrons. The van der Waals surface area contributed by atoms with Crippen LogP contribution in [0.5, 0.6) is 0 Å². The van der Waals surface area contributed by atoms with Crippen LogP contribution >= 0.6 is 0 Å². The van der Waals surface area contributed by atoms with Crippen molar-refractivity contribution in [3.8, 4) is 0 Å². The highest BCUT2D eigenvalue weighted by molar-refractivity contribution is 5.81. The van der Waals surface area contributed by atoms with Crippen molar-refractivity contribution >= 4 is 10.9 Å². The molecule has 0 aliphatic rings. The number of halogens is 1. The first kappa shape index (κ1) is 9.15. The first-order chi connectivity index (χ1) is 6.83. The van der Waals surface area contributed by atoms with Crippen LogP contribution in [0.15, 0.2) is 18.2 Å². The van der Waals surface area contributed by atoms with Gasteiger partial charge in [0.25, 0.3) is 0 Å². The fraction of sp³-hybridized carbons (Fsp3) is 0.300. The van der Waals surface area contributed by atoms with E-state index in [-0.39, 0.29) is 5.82 Å². The summed E-state index contributed by atoms with van der Waals surface area (Å²) < 4.78 is 13.2. The Kier molecular flexibility index (Phi) is 2.45. The molecule has 2 aromatic rings. The molecule has 0 fully saturated rings. The molecule has 1 aromatic carbocycles. The van der Waals surface area contributed by atoms with Crippen LogP contribution in [0.2, 0.25) is 0 Å². The van der Waals surface area contributed by atoms with Crippen LogP contribution in [0.3, 0.4) is 0 Å². The molecule has 4 heteroatoms. The molecule has 2 N–H and O–H groups in total. The maximum absolute atomic E-state index is 13.2. The van der Waals surface area contributed by atoms with E-state index in [0.29, 0.717) is 5.52 Å². The van der Waals surface area contributed by atoms with Crippen molar-refractivity contribution in [1.82, 2.24) is 15.5 Å². The van der Waals surface area contributed by atoms with Gasteiger partial charge in [0.1, 0.15) is 5.52 Å². The minimum atomic E-state index is -0.269. The van der Waals surface area contributed by atoms with Crippen molar-refractivity contribution in [3.63, 3.8) is 0 Å². The Balaban J connectivity index is 2.42. The second kappa shape index (κ2) is 3.75. The summed E-state index contributed by atoms with van der Waals surface area (Å²) in [5, 5.41) is 10.7. The Labute approximate surface area is 81.3 Å². The smallest absolute Gasteiger partial charge is 0.151 e. The third-order valence-electron chi connectivity index (χ3n) is 2.24. The van der Waals surface area contributed by atoms with Gasteiger partial charge in [0.15, 0.2) is 5.82 Å². The van der Waals surface area contributed by atoms with Crippen LogP contribution in [-0.4, -0.2) is 23.8 Å². The first-order valence-corrected chi connectivity index (χ1v) is 4.59. The van der Waals surface area contributed by atoms with E-state index in [2.05, 4.69) is 15.5 Å². The number of aromatic amines is 1. The van der Waals surface area contributed by atoms with E-state index >= 15 is 0 Å². The second-order valence-corrected chi connectivity index (χ2v) is 3.19. The van der Waals surface area contributed by atoms with E-state index in [1.165, 1.54) is 6.07 Å². The summed E-state index contributed by atoms with van der Waals surface area (Å²) in [7, 11) is 1.89. The van der Waals surface area contributed by atoms with Gasteiger partial charge in [-0.25, -0.2) is 4.39 Å². The normalized spacial score (nSPS) is 11.0. The Bertz CT molecular complexity index is 436. The van der Waals surface area contributed by atoms with Crippen LogP contribution in [0, 0.1) is 5.82 Å². The minimum absolute atomic E-state index is 0.269. The molecule has 1 heterocycles. The molecule has 0 bridgehead atoms. The van der Waals surface area contributed by atoms with Crippen LogP contribution in [0.25, 0.3) is 10.9 Å². The standard InChI is InChI=1S/C10H12FN3/c1-12-6-5-9-7-3-2-4-8(11)10(7)14-13-9/h2-4,12H,5-6H2,1H3,(H,13,14). The van der Waals surface area contributed by atoms with Crippen molar-refractivity contribution in [3.05, 3.63) is 29.7 Å². The van der Waals surface area contributed by atoms with E-state index in [0.717, 1.165) is 24.0 Å². The number of benzene rings is 1. The van der Waals surface area contributed by atoms with Gasteiger partial charge >= 0.3 is 0 Å². The van der Waals surface area contributed by atoms with Crippen LogP contribution in [-0.2, 0) is 6.42 Å². The van der Waals surface area contributed by atoms with E-state index in [1.54, 1.807) is 6.07 Å². The van der Waals surface area contributed by atoms with Gasteiger partial charge in [-0.15, -0.1) is 0 Å². The molecular formula is C10H12FN3. The highest BCUT2D eigenvalue weighted by Gasteiger charge is 2.07. The summed E-state index contributed by atoms with van der Waals surface area (Å²) in [6.45, 7) is 0.855. The lowest BCUT2D eigenvalue weighted by molar-refractivity contribution is 0.636. The third-order valence-corrected chi connectivity index (χ3v) is 2.24. The Morgan fingerprint density at radius 2 is 2.36 bits per heavy atom. The molecule has 1 aromatic heterocycles. The Morgan fingerprint density at radius 1 is 1.50 bits per heavy atom. The van der Waals surface area contributed by atoms with Gasteiger partial charge in [-0.1, -0.05) is 12.1 Å². The van der Waals surface area contributed by atoms with Gasteiger partial charge in [0.2, 0.25) is 0 Å². The molecule has 14 heavy (non-hydrogen) atoms. The topological polar surface area (TPSA) is 40.7 Å². The molecule has 0 unspecified atom stereocenters. The number of rotatable bonds is 3. The van der Waals surface area contributed by atoms with Crippen molar-refractivity contribution < 1.29 is 4.39 Å². The summed E-state index contributed by atoms with van der Waals surface area (Å²) in [5.41, 5.74) is 1.41. The molecular weight excluding hydrogens is 181 g/mol. The van der Waals surface area contributed by atoms with Crippen LogP contribution < -0.4 is 5.32 Å². The predicted molar refractivity (Wildman–Crippen MR) is 53.7 cm³/mol. The molecule has 0 spiro atoms. The lowest BCUT2D eigenvalue weighted by Crippen LogP contribution is -2.10. The highest BCUT2D eigenvalue weighted by Crippen LogP contribution is 2.18.